The highest BCUT2D eigenvalue weighted by atomic mass is 16.7. The number of benzene rings is 1. The van der Waals surface area contributed by atoms with Crippen LogP contribution in [0.5, 0.6) is 11.5 Å². The third-order valence-corrected chi connectivity index (χ3v) is 5.07. The van der Waals surface area contributed by atoms with Crippen LogP contribution in [0.2, 0.25) is 0 Å². The Morgan fingerprint density at radius 3 is 2.83 bits per heavy atom. The van der Waals surface area contributed by atoms with Gasteiger partial charge in [-0.1, -0.05) is 11.2 Å². The molecule has 156 valence electrons. The summed E-state index contributed by atoms with van der Waals surface area (Å²) < 4.78 is 15.5. The van der Waals surface area contributed by atoms with Crippen LogP contribution in [0.1, 0.15) is 40.3 Å². The van der Waals surface area contributed by atoms with Crippen LogP contribution in [-0.2, 0) is 13.1 Å². The van der Waals surface area contributed by atoms with Crippen molar-refractivity contribution >= 4 is 5.91 Å². The first kappa shape index (κ1) is 19.7. The van der Waals surface area contributed by atoms with Crippen LogP contribution in [0.3, 0.4) is 0 Å². The first-order chi connectivity index (χ1) is 14.5. The lowest BCUT2D eigenvalue weighted by molar-refractivity contribution is 0.0949. The number of hydrogen-bond donors (Lipinski definition) is 2. The van der Waals surface area contributed by atoms with Crippen LogP contribution in [0, 0.1) is 0 Å². The Balaban J connectivity index is 1.37. The van der Waals surface area contributed by atoms with E-state index in [2.05, 4.69) is 15.5 Å². The van der Waals surface area contributed by atoms with Crippen LogP contribution < -0.4 is 20.3 Å². The average Bonchev–Trinajstić information content (AvgIpc) is 3.43. The van der Waals surface area contributed by atoms with Crippen molar-refractivity contribution in [2.24, 2.45) is 0 Å². The fourth-order valence-electron chi connectivity index (χ4n) is 3.18. The van der Waals surface area contributed by atoms with E-state index in [-0.39, 0.29) is 24.9 Å². The maximum absolute atomic E-state index is 12.5. The number of carbonyl (C=O) groups excluding carboxylic acids is 1. The third kappa shape index (κ3) is 4.20. The molecule has 3 aromatic rings. The van der Waals surface area contributed by atoms with E-state index >= 15 is 0 Å². The summed E-state index contributed by atoms with van der Waals surface area (Å²) in [6.45, 7) is 2.95. The molecule has 1 aliphatic heterocycles. The normalized spacial score (nSPS) is 13.4. The van der Waals surface area contributed by atoms with Crippen LogP contribution in [-0.4, -0.2) is 34.8 Å². The Bertz CT molecular complexity index is 1090. The second-order valence-electron chi connectivity index (χ2n) is 7.11. The Kier molecular flexibility index (Phi) is 5.53. The summed E-state index contributed by atoms with van der Waals surface area (Å²) in [6, 6.07) is 10.5. The van der Waals surface area contributed by atoms with E-state index in [0.717, 1.165) is 11.3 Å². The first-order valence-corrected chi connectivity index (χ1v) is 9.50. The van der Waals surface area contributed by atoms with Crippen LogP contribution in [0.25, 0.3) is 0 Å². The summed E-state index contributed by atoms with van der Waals surface area (Å²) in [5, 5.41) is 6.70. The quantitative estimate of drug-likeness (QED) is 0.615. The number of aromatic amines is 1. The molecule has 0 unspecified atom stereocenters. The smallest absolute Gasteiger partial charge is 0.261 e. The molecule has 9 nitrogen and oxygen atoms in total. The summed E-state index contributed by atoms with van der Waals surface area (Å²) in [4.78, 5) is 29.7. The maximum atomic E-state index is 12.5. The van der Waals surface area contributed by atoms with E-state index in [0.29, 0.717) is 23.7 Å². The summed E-state index contributed by atoms with van der Waals surface area (Å²) in [5.74, 6) is 0.887. The molecule has 3 heterocycles. The van der Waals surface area contributed by atoms with Gasteiger partial charge in [-0.2, -0.15) is 0 Å². The number of nitrogens with zero attached hydrogens (tertiary/aromatic N) is 2. The number of H-pyrrole nitrogens is 1. The largest absolute Gasteiger partial charge is 0.454 e. The molecule has 0 saturated heterocycles. The molecule has 0 fully saturated rings. The SMILES string of the molecule is C[C@@H](c1ccon1)N(C)Cc1ccc(C(=O)NCc2ccc3c(c2)OCO3)c(=O)[nH]1. The minimum atomic E-state index is -0.440. The Morgan fingerprint density at radius 1 is 1.23 bits per heavy atom. The summed E-state index contributed by atoms with van der Waals surface area (Å²) in [6.07, 6.45) is 1.53. The summed E-state index contributed by atoms with van der Waals surface area (Å²) in [5.41, 5.74) is 1.98. The fraction of sp³-hybridized carbons (Fsp3) is 0.286. The number of nitrogens with one attached hydrogen (secondary N) is 2. The zero-order chi connectivity index (χ0) is 21.1. The predicted molar refractivity (Wildman–Crippen MR) is 107 cm³/mol. The van der Waals surface area contributed by atoms with E-state index in [1.807, 2.05) is 31.0 Å². The number of rotatable bonds is 7. The molecule has 0 radical (unpaired) electrons. The molecule has 0 spiro atoms. The highest BCUT2D eigenvalue weighted by Crippen LogP contribution is 2.32. The van der Waals surface area contributed by atoms with Gasteiger partial charge in [-0.05, 0) is 43.8 Å². The molecule has 9 heteroatoms. The molecule has 1 aliphatic rings. The molecule has 0 aliphatic carbocycles. The molecule has 0 bridgehead atoms. The number of hydrogen-bond acceptors (Lipinski definition) is 7. The van der Waals surface area contributed by atoms with E-state index in [4.69, 9.17) is 14.0 Å². The van der Waals surface area contributed by atoms with Gasteiger partial charge in [-0.15, -0.1) is 0 Å². The van der Waals surface area contributed by atoms with Crippen molar-refractivity contribution in [2.45, 2.75) is 26.1 Å². The monoisotopic (exact) mass is 410 g/mol. The van der Waals surface area contributed by atoms with Gasteiger partial charge in [0.15, 0.2) is 11.5 Å². The van der Waals surface area contributed by atoms with Gasteiger partial charge in [0.05, 0.1) is 6.04 Å². The second-order valence-corrected chi connectivity index (χ2v) is 7.11. The van der Waals surface area contributed by atoms with Crippen molar-refractivity contribution in [3.63, 3.8) is 0 Å². The van der Waals surface area contributed by atoms with Gasteiger partial charge < -0.3 is 24.3 Å². The molecule has 1 amide bonds. The lowest BCUT2D eigenvalue weighted by Gasteiger charge is -2.22. The minimum Gasteiger partial charge on any atom is -0.454 e. The number of fused-ring (bicyclic) bond motifs is 1. The van der Waals surface area contributed by atoms with E-state index < -0.39 is 11.5 Å². The van der Waals surface area contributed by atoms with Crippen molar-refractivity contribution in [3.05, 3.63) is 75.5 Å². The van der Waals surface area contributed by atoms with Crippen molar-refractivity contribution < 1.29 is 18.8 Å². The van der Waals surface area contributed by atoms with E-state index in [1.54, 1.807) is 18.2 Å². The van der Waals surface area contributed by atoms with Gasteiger partial charge in [0.2, 0.25) is 6.79 Å². The molecule has 2 aromatic heterocycles. The van der Waals surface area contributed by atoms with Gasteiger partial charge in [0.25, 0.3) is 11.5 Å². The van der Waals surface area contributed by atoms with Crippen LogP contribution in [0.4, 0.5) is 0 Å². The van der Waals surface area contributed by atoms with E-state index in [9.17, 15) is 9.59 Å². The molecule has 0 saturated carbocycles. The summed E-state index contributed by atoms with van der Waals surface area (Å²) >= 11 is 0. The van der Waals surface area contributed by atoms with Crippen LogP contribution >= 0.6 is 0 Å². The standard InChI is InChI=1S/C21H22N4O5/c1-13(17-7-8-30-24-17)25(2)11-15-4-5-16(21(27)23-15)20(26)22-10-14-3-6-18-19(9-14)29-12-28-18/h3-9,13H,10-12H2,1-2H3,(H,22,26)(H,23,27)/t13-/m0/s1. The van der Waals surface area contributed by atoms with Gasteiger partial charge in [-0.3, -0.25) is 14.5 Å². The molecule has 4 rings (SSSR count). The number of ether oxygens (including phenoxy) is 2. The van der Waals surface area contributed by atoms with Crippen molar-refractivity contribution in [3.8, 4) is 11.5 Å². The highest BCUT2D eigenvalue weighted by molar-refractivity contribution is 5.93. The lowest BCUT2D eigenvalue weighted by Crippen LogP contribution is -2.30. The molecular weight excluding hydrogens is 388 g/mol. The Morgan fingerprint density at radius 2 is 2.07 bits per heavy atom. The number of carbonyl (C=O) groups is 1. The van der Waals surface area contributed by atoms with Gasteiger partial charge in [-0.25, -0.2) is 0 Å². The second kappa shape index (κ2) is 8.42. The third-order valence-electron chi connectivity index (χ3n) is 5.07. The van der Waals surface area contributed by atoms with Crippen molar-refractivity contribution in [1.29, 1.82) is 0 Å². The molecule has 30 heavy (non-hydrogen) atoms. The summed E-state index contributed by atoms with van der Waals surface area (Å²) in [7, 11) is 1.92. The van der Waals surface area contributed by atoms with Gasteiger partial charge in [0, 0.05) is 24.8 Å². The van der Waals surface area contributed by atoms with Gasteiger partial charge >= 0.3 is 0 Å². The van der Waals surface area contributed by atoms with Crippen molar-refractivity contribution in [2.75, 3.05) is 13.8 Å². The molecular formula is C21H22N4O5. The zero-order valence-corrected chi connectivity index (χ0v) is 16.7. The minimum absolute atomic E-state index is 0.0110. The molecule has 1 aromatic carbocycles. The number of pyridine rings is 1. The average molecular weight is 410 g/mol. The van der Waals surface area contributed by atoms with Crippen LogP contribution in [0.15, 0.2) is 52.0 Å². The number of amides is 1. The number of aromatic nitrogens is 2. The highest BCUT2D eigenvalue weighted by Gasteiger charge is 2.17. The van der Waals surface area contributed by atoms with E-state index in [1.165, 1.54) is 12.3 Å². The lowest BCUT2D eigenvalue weighted by atomic mass is 10.1. The Hall–Kier alpha value is -3.59. The Labute approximate surface area is 172 Å². The molecule has 1 atom stereocenters. The molecule has 2 N–H and O–H groups in total. The topological polar surface area (TPSA) is 110 Å². The maximum Gasteiger partial charge on any atom is 0.261 e. The predicted octanol–water partition coefficient (Wildman–Crippen LogP) is 2.21. The fourth-order valence-corrected chi connectivity index (χ4v) is 3.18. The zero-order valence-electron chi connectivity index (χ0n) is 16.7. The first-order valence-electron chi connectivity index (χ1n) is 9.50. The van der Waals surface area contributed by atoms with Crippen molar-refractivity contribution in [1.82, 2.24) is 20.4 Å². The van der Waals surface area contributed by atoms with Gasteiger partial charge in [0.1, 0.15) is 17.5 Å².